The van der Waals surface area contributed by atoms with Crippen LogP contribution in [0, 0.1) is 0 Å². The third-order valence-electron chi connectivity index (χ3n) is 6.29. The smallest absolute Gasteiger partial charge is 0.317 e. The van der Waals surface area contributed by atoms with Crippen molar-refractivity contribution in [2.75, 3.05) is 27.2 Å². The molecule has 172 valence electrons. The lowest BCUT2D eigenvalue weighted by Crippen LogP contribution is -2.42. The Kier molecular flexibility index (Phi) is 8.28. The van der Waals surface area contributed by atoms with Gasteiger partial charge in [0.2, 0.25) is 0 Å². The van der Waals surface area contributed by atoms with Gasteiger partial charge in [-0.25, -0.2) is 4.79 Å². The molecule has 3 rings (SSSR count). The molecule has 2 N–H and O–H groups in total. The van der Waals surface area contributed by atoms with Gasteiger partial charge in [0.05, 0.1) is 6.04 Å². The lowest BCUT2D eigenvalue weighted by atomic mass is 9.92. The summed E-state index contributed by atoms with van der Waals surface area (Å²) in [6, 6.07) is 14.8. The Bertz CT molecular complexity index is 911. The maximum atomic E-state index is 13.5. The summed E-state index contributed by atoms with van der Waals surface area (Å²) in [5, 5.41) is 12.6. The van der Waals surface area contributed by atoms with E-state index in [2.05, 4.69) is 12.2 Å². The molecule has 2 atom stereocenters. The fourth-order valence-corrected chi connectivity index (χ4v) is 4.33. The Morgan fingerprint density at radius 1 is 1.16 bits per heavy atom. The highest BCUT2D eigenvalue weighted by Gasteiger charge is 2.26. The topological polar surface area (TPSA) is 72.9 Å². The van der Waals surface area contributed by atoms with E-state index >= 15 is 0 Å². The van der Waals surface area contributed by atoms with Gasteiger partial charge in [0.1, 0.15) is 5.75 Å². The van der Waals surface area contributed by atoms with Gasteiger partial charge in [-0.05, 0) is 76.4 Å². The predicted octanol–water partition coefficient (Wildman–Crippen LogP) is 3.87. The van der Waals surface area contributed by atoms with Gasteiger partial charge in [-0.1, -0.05) is 36.4 Å². The van der Waals surface area contributed by atoms with Crippen molar-refractivity contribution in [3.63, 3.8) is 0 Å². The first-order chi connectivity index (χ1) is 15.4. The lowest BCUT2D eigenvalue weighted by molar-refractivity contribution is 0.0874. The van der Waals surface area contributed by atoms with Gasteiger partial charge in [0.25, 0.3) is 0 Å². The quantitative estimate of drug-likeness (QED) is 0.461. The average molecular weight is 438 g/mol. The molecule has 1 saturated heterocycles. The van der Waals surface area contributed by atoms with E-state index in [4.69, 9.17) is 0 Å². The molecule has 0 spiro atoms. The largest absolute Gasteiger partial charge is 0.508 e. The molecule has 0 radical (unpaired) electrons. The molecule has 2 aromatic carbocycles. The standard InChI is InChI=1S/C26H35N3O3/c1-19-8-7-17-29(19)26(32)27-16-6-10-21-9-4-5-11-23(21)25(31)24(28(2)3)18-20-12-14-22(30)15-13-20/h4-5,9,11-15,19,24,30H,6-8,10,16-18H2,1-3H3,(H,27,32)/t19-,24+/m1/s1. The van der Waals surface area contributed by atoms with Gasteiger partial charge in [-0.2, -0.15) is 0 Å². The zero-order valence-corrected chi connectivity index (χ0v) is 19.4. The van der Waals surface area contributed by atoms with Crippen molar-refractivity contribution >= 4 is 11.8 Å². The Labute approximate surface area is 191 Å². The van der Waals surface area contributed by atoms with Crippen LogP contribution in [0.4, 0.5) is 4.79 Å². The zero-order chi connectivity index (χ0) is 23.1. The van der Waals surface area contributed by atoms with E-state index in [9.17, 15) is 14.7 Å². The van der Waals surface area contributed by atoms with Gasteiger partial charge >= 0.3 is 6.03 Å². The minimum atomic E-state index is -0.294. The van der Waals surface area contributed by atoms with Crippen LogP contribution in [0.1, 0.15) is 47.7 Å². The van der Waals surface area contributed by atoms with Crippen molar-refractivity contribution in [2.24, 2.45) is 0 Å². The summed E-state index contributed by atoms with van der Waals surface area (Å²) >= 11 is 0. The second-order valence-corrected chi connectivity index (χ2v) is 8.89. The number of aryl methyl sites for hydroxylation is 1. The van der Waals surface area contributed by atoms with Crippen LogP contribution >= 0.6 is 0 Å². The minimum Gasteiger partial charge on any atom is -0.508 e. The van der Waals surface area contributed by atoms with Crippen molar-refractivity contribution in [1.82, 2.24) is 15.1 Å². The van der Waals surface area contributed by atoms with E-state index in [0.717, 1.165) is 48.9 Å². The van der Waals surface area contributed by atoms with E-state index in [0.29, 0.717) is 19.0 Å². The number of hydrogen-bond donors (Lipinski definition) is 2. The maximum Gasteiger partial charge on any atom is 0.317 e. The number of aromatic hydroxyl groups is 1. The van der Waals surface area contributed by atoms with Crippen LogP contribution in [-0.4, -0.2) is 66.0 Å². The van der Waals surface area contributed by atoms with Crippen molar-refractivity contribution in [1.29, 1.82) is 0 Å². The van der Waals surface area contributed by atoms with Crippen molar-refractivity contribution in [2.45, 2.75) is 51.1 Å². The van der Waals surface area contributed by atoms with Crippen LogP contribution in [0.5, 0.6) is 5.75 Å². The molecule has 0 bridgehead atoms. The normalized spacial score (nSPS) is 16.9. The second kappa shape index (κ2) is 11.1. The van der Waals surface area contributed by atoms with Gasteiger partial charge < -0.3 is 15.3 Å². The number of nitrogens with zero attached hydrogens (tertiary/aromatic N) is 2. The number of likely N-dealkylation sites (N-methyl/N-ethyl adjacent to an activating group) is 1. The fourth-order valence-electron chi connectivity index (χ4n) is 4.33. The highest BCUT2D eigenvalue weighted by Crippen LogP contribution is 2.19. The average Bonchev–Trinajstić information content (AvgIpc) is 3.21. The number of benzene rings is 2. The van der Waals surface area contributed by atoms with Gasteiger partial charge in [0, 0.05) is 24.7 Å². The highest BCUT2D eigenvalue weighted by atomic mass is 16.3. The molecule has 1 heterocycles. The van der Waals surface area contributed by atoms with Crippen molar-refractivity contribution in [3.8, 4) is 5.75 Å². The number of carbonyl (C=O) groups is 2. The monoisotopic (exact) mass is 437 g/mol. The summed E-state index contributed by atoms with van der Waals surface area (Å²) in [4.78, 5) is 29.7. The van der Waals surface area contributed by atoms with Crippen molar-refractivity contribution < 1.29 is 14.7 Å². The first kappa shape index (κ1) is 23.8. The number of Topliss-reactive ketones (excluding diaryl/α,β-unsaturated/α-hetero) is 1. The van der Waals surface area contributed by atoms with Crippen molar-refractivity contribution in [3.05, 3.63) is 65.2 Å². The number of amides is 2. The molecule has 2 aromatic rings. The van der Waals surface area contributed by atoms with Crippen LogP contribution in [0.3, 0.4) is 0 Å². The number of urea groups is 1. The molecular formula is C26H35N3O3. The Morgan fingerprint density at radius 3 is 2.53 bits per heavy atom. The zero-order valence-electron chi connectivity index (χ0n) is 19.4. The van der Waals surface area contributed by atoms with Gasteiger partial charge in [-0.3, -0.25) is 9.69 Å². The summed E-state index contributed by atoms with van der Waals surface area (Å²) in [5.74, 6) is 0.312. The number of phenols is 1. The van der Waals surface area contributed by atoms with E-state index in [-0.39, 0.29) is 23.6 Å². The fraction of sp³-hybridized carbons (Fsp3) is 0.462. The molecule has 6 heteroatoms. The lowest BCUT2D eigenvalue weighted by Gasteiger charge is -2.24. The van der Waals surface area contributed by atoms with Crippen LogP contribution in [0.15, 0.2) is 48.5 Å². The molecule has 32 heavy (non-hydrogen) atoms. The molecule has 0 aromatic heterocycles. The van der Waals surface area contributed by atoms with Crippen LogP contribution in [0.2, 0.25) is 0 Å². The van der Waals surface area contributed by atoms with Crippen LogP contribution in [-0.2, 0) is 12.8 Å². The summed E-state index contributed by atoms with van der Waals surface area (Å²) in [7, 11) is 3.83. The second-order valence-electron chi connectivity index (χ2n) is 8.89. The summed E-state index contributed by atoms with van der Waals surface area (Å²) in [6.45, 7) is 3.51. The number of nitrogens with one attached hydrogen (secondary N) is 1. The Balaban J connectivity index is 1.61. The third kappa shape index (κ3) is 6.10. The van der Waals surface area contributed by atoms with E-state index < -0.39 is 0 Å². The van der Waals surface area contributed by atoms with E-state index in [1.54, 1.807) is 12.1 Å². The number of rotatable bonds is 9. The van der Waals surface area contributed by atoms with E-state index in [1.165, 1.54) is 0 Å². The molecule has 6 nitrogen and oxygen atoms in total. The van der Waals surface area contributed by atoms with Gasteiger partial charge in [-0.15, -0.1) is 0 Å². The third-order valence-corrected chi connectivity index (χ3v) is 6.29. The SMILES string of the molecule is C[C@@H]1CCCN1C(=O)NCCCc1ccccc1C(=O)[C@H](Cc1ccc(O)cc1)N(C)C. The number of hydrogen-bond acceptors (Lipinski definition) is 4. The Morgan fingerprint density at radius 2 is 1.88 bits per heavy atom. The summed E-state index contributed by atoms with van der Waals surface area (Å²) in [6.07, 6.45) is 4.23. The number of ketones is 1. The van der Waals surface area contributed by atoms with E-state index in [1.807, 2.05) is 60.3 Å². The highest BCUT2D eigenvalue weighted by molar-refractivity contribution is 6.01. The molecule has 0 unspecified atom stereocenters. The molecule has 1 fully saturated rings. The van der Waals surface area contributed by atoms with Crippen LogP contribution in [0.25, 0.3) is 0 Å². The number of likely N-dealkylation sites (tertiary alicyclic amines) is 1. The summed E-state index contributed by atoms with van der Waals surface area (Å²) < 4.78 is 0. The maximum absolute atomic E-state index is 13.5. The molecule has 1 aliphatic heterocycles. The molecule has 2 amide bonds. The minimum absolute atomic E-state index is 0.0148. The van der Waals surface area contributed by atoms with Crippen LogP contribution < -0.4 is 5.32 Å². The molecule has 0 saturated carbocycles. The Hall–Kier alpha value is -2.86. The molecule has 1 aliphatic rings. The first-order valence-electron chi connectivity index (χ1n) is 11.5. The predicted molar refractivity (Wildman–Crippen MR) is 127 cm³/mol. The number of carbonyl (C=O) groups excluding carboxylic acids is 2. The molecule has 0 aliphatic carbocycles. The molecular weight excluding hydrogens is 402 g/mol. The van der Waals surface area contributed by atoms with Gasteiger partial charge in [0.15, 0.2) is 5.78 Å². The number of phenolic OH excluding ortho intramolecular Hbond substituents is 1. The summed E-state index contributed by atoms with van der Waals surface area (Å²) in [5.41, 5.74) is 2.76. The first-order valence-corrected chi connectivity index (χ1v) is 11.5.